The third kappa shape index (κ3) is 1.60. The van der Waals surface area contributed by atoms with Crippen LogP contribution in [0.3, 0.4) is 0 Å². The minimum Gasteiger partial charge on any atom is -0.493 e. The van der Waals surface area contributed by atoms with Gasteiger partial charge in [0.05, 0.1) is 6.61 Å². The van der Waals surface area contributed by atoms with Gasteiger partial charge in [0, 0.05) is 27.6 Å². The van der Waals surface area contributed by atoms with Crippen LogP contribution in [0, 0.1) is 22.7 Å². The minimum absolute atomic E-state index is 0.237. The van der Waals surface area contributed by atoms with Gasteiger partial charge in [-0.2, -0.15) is 0 Å². The van der Waals surface area contributed by atoms with Crippen LogP contribution in [0.1, 0.15) is 58.9 Å². The van der Waals surface area contributed by atoms with E-state index in [0.717, 1.165) is 18.3 Å². The molecule has 2 heteroatoms. The van der Waals surface area contributed by atoms with E-state index in [2.05, 4.69) is 70.6 Å². The first kappa shape index (κ1) is 15.4. The first-order chi connectivity index (χ1) is 11.3. The van der Waals surface area contributed by atoms with E-state index >= 15 is 0 Å². The van der Waals surface area contributed by atoms with Gasteiger partial charge < -0.3 is 4.74 Å². The lowest BCUT2D eigenvalue weighted by Crippen LogP contribution is -2.44. The van der Waals surface area contributed by atoms with Crippen LogP contribution in [-0.2, 0) is 0 Å². The zero-order chi connectivity index (χ0) is 16.9. The first-order valence-corrected chi connectivity index (χ1v) is 10.2. The summed E-state index contributed by atoms with van der Waals surface area (Å²) in [6.45, 7) is 13.3. The lowest BCUT2D eigenvalue weighted by Gasteiger charge is -2.50. The van der Waals surface area contributed by atoms with E-state index in [1.165, 1.54) is 18.4 Å². The molecule has 1 saturated carbocycles. The Morgan fingerprint density at radius 3 is 2.62 bits per heavy atom. The summed E-state index contributed by atoms with van der Waals surface area (Å²) in [4.78, 5) is 1.74. The highest BCUT2D eigenvalue weighted by Crippen LogP contribution is 2.76. The van der Waals surface area contributed by atoms with Crippen molar-refractivity contribution in [3.63, 3.8) is 0 Å². The number of hydrogen-bond donors (Lipinski definition) is 0. The van der Waals surface area contributed by atoms with Gasteiger partial charge in [-0.15, -0.1) is 11.8 Å². The van der Waals surface area contributed by atoms with Gasteiger partial charge in [0.25, 0.3) is 0 Å². The molecule has 0 radical (unpaired) electrons. The summed E-state index contributed by atoms with van der Waals surface area (Å²) < 4.78 is 6.44. The largest absolute Gasteiger partial charge is 0.493 e. The number of para-hydroxylation sites is 1. The van der Waals surface area contributed by atoms with Crippen LogP contribution in [0.4, 0.5) is 0 Å². The molecule has 1 aromatic rings. The molecular weight excluding hydrogens is 312 g/mol. The number of thioether (sulfide) groups is 1. The van der Waals surface area contributed by atoms with Gasteiger partial charge in [-0.25, -0.2) is 0 Å². The van der Waals surface area contributed by atoms with Gasteiger partial charge >= 0.3 is 0 Å². The van der Waals surface area contributed by atoms with Crippen LogP contribution in [0.25, 0.3) is 0 Å². The number of allylic oxidation sites excluding steroid dienone is 2. The molecule has 0 amide bonds. The first-order valence-electron chi connectivity index (χ1n) is 9.43. The summed E-state index contributed by atoms with van der Waals surface area (Å²) in [6.07, 6.45) is 2.73. The molecule has 24 heavy (non-hydrogen) atoms. The van der Waals surface area contributed by atoms with Crippen molar-refractivity contribution in [1.29, 1.82) is 0 Å². The molecule has 1 fully saturated rings. The molecule has 0 N–H and O–H groups in total. The van der Waals surface area contributed by atoms with Crippen LogP contribution in [0.15, 0.2) is 34.7 Å². The monoisotopic (exact) mass is 340 g/mol. The molecule has 2 bridgehead atoms. The summed E-state index contributed by atoms with van der Waals surface area (Å²) >= 11 is 2.18. The molecule has 4 atom stereocenters. The molecule has 5 rings (SSSR count). The van der Waals surface area contributed by atoms with Crippen molar-refractivity contribution >= 4 is 11.8 Å². The summed E-state index contributed by atoms with van der Waals surface area (Å²) in [5, 5.41) is 0. The maximum atomic E-state index is 6.20. The van der Waals surface area contributed by atoms with Gasteiger partial charge in [0.15, 0.2) is 0 Å². The van der Waals surface area contributed by atoms with Gasteiger partial charge in [-0.1, -0.05) is 39.0 Å². The maximum absolute atomic E-state index is 6.20. The van der Waals surface area contributed by atoms with Crippen molar-refractivity contribution in [2.75, 3.05) is 6.61 Å². The summed E-state index contributed by atoms with van der Waals surface area (Å²) in [6, 6.07) is 8.80. The number of rotatable bonds is 0. The van der Waals surface area contributed by atoms with Crippen molar-refractivity contribution in [2.45, 2.75) is 58.1 Å². The van der Waals surface area contributed by atoms with E-state index in [1.54, 1.807) is 10.5 Å². The zero-order valence-electron chi connectivity index (χ0n) is 15.5. The Bertz CT molecular complexity index is 759. The second-order valence-electron chi connectivity index (χ2n) is 9.57. The molecule has 2 heterocycles. The van der Waals surface area contributed by atoms with Crippen LogP contribution in [0.5, 0.6) is 5.75 Å². The van der Waals surface area contributed by atoms with E-state index in [9.17, 15) is 0 Å². The van der Waals surface area contributed by atoms with E-state index in [4.69, 9.17) is 4.74 Å². The molecule has 2 aliphatic heterocycles. The van der Waals surface area contributed by atoms with E-state index < -0.39 is 0 Å². The number of fused-ring (bicyclic) bond motifs is 8. The fourth-order valence-corrected chi connectivity index (χ4v) is 8.00. The van der Waals surface area contributed by atoms with Crippen LogP contribution in [0.2, 0.25) is 0 Å². The van der Waals surface area contributed by atoms with E-state index in [0.29, 0.717) is 22.7 Å². The predicted molar refractivity (Wildman–Crippen MR) is 101 cm³/mol. The third-order valence-corrected chi connectivity index (χ3v) is 9.75. The Kier molecular flexibility index (Phi) is 2.84. The molecule has 128 valence electrons. The fourth-order valence-electron chi connectivity index (χ4n) is 6.14. The SMILES string of the molecule is CC1(C)SC2=C([C@@H]3c4ccccc4OC[C@@H]31)[C@H]1CC[C@]2(C)C1(C)C. The van der Waals surface area contributed by atoms with Crippen LogP contribution < -0.4 is 4.74 Å². The van der Waals surface area contributed by atoms with Crippen LogP contribution >= 0.6 is 11.8 Å². The van der Waals surface area contributed by atoms with Gasteiger partial charge in [-0.3, -0.25) is 0 Å². The highest BCUT2D eigenvalue weighted by atomic mass is 32.2. The number of ether oxygens (including phenoxy) is 1. The Balaban J connectivity index is 1.77. The Morgan fingerprint density at radius 1 is 1.08 bits per heavy atom. The van der Waals surface area contributed by atoms with Gasteiger partial charge in [0.2, 0.25) is 0 Å². The lowest BCUT2D eigenvalue weighted by molar-refractivity contribution is 0.162. The molecule has 0 saturated heterocycles. The highest BCUT2D eigenvalue weighted by molar-refractivity contribution is 8.04. The number of benzene rings is 1. The summed E-state index contributed by atoms with van der Waals surface area (Å²) in [7, 11) is 0. The van der Waals surface area contributed by atoms with Gasteiger partial charge in [0.1, 0.15) is 5.75 Å². The fraction of sp³-hybridized carbons (Fsp3) is 0.636. The molecule has 0 unspecified atom stereocenters. The molecule has 2 aliphatic carbocycles. The van der Waals surface area contributed by atoms with E-state index in [-0.39, 0.29) is 4.75 Å². The quantitative estimate of drug-likeness (QED) is 0.571. The van der Waals surface area contributed by atoms with Crippen molar-refractivity contribution in [2.24, 2.45) is 22.7 Å². The van der Waals surface area contributed by atoms with E-state index in [1.807, 2.05) is 0 Å². The normalized spacial score (nSPS) is 40.6. The average Bonchev–Trinajstić information content (AvgIpc) is 2.86. The second-order valence-corrected chi connectivity index (χ2v) is 11.2. The van der Waals surface area contributed by atoms with Crippen molar-refractivity contribution in [3.05, 3.63) is 40.3 Å². The highest BCUT2D eigenvalue weighted by Gasteiger charge is 2.65. The van der Waals surface area contributed by atoms with Crippen molar-refractivity contribution in [3.8, 4) is 5.75 Å². The molecular formula is C22H28OS. The topological polar surface area (TPSA) is 9.23 Å². The minimum atomic E-state index is 0.237. The molecule has 4 aliphatic rings. The van der Waals surface area contributed by atoms with Crippen molar-refractivity contribution < 1.29 is 4.74 Å². The van der Waals surface area contributed by atoms with Gasteiger partial charge in [-0.05, 0) is 54.6 Å². The standard InChI is InChI=1S/C22H28OS/c1-20(2)14-10-11-22(20,5)19-18(14)17-13-8-6-7-9-16(13)23-12-15(17)21(3,4)24-19/h6-9,14-15,17H,10-12H2,1-5H3/t14-,15+,17-,22+/m1/s1. The predicted octanol–water partition coefficient (Wildman–Crippen LogP) is 6.01. The van der Waals surface area contributed by atoms with Crippen molar-refractivity contribution in [1.82, 2.24) is 0 Å². The zero-order valence-corrected chi connectivity index (χ0v) is 16.3. The van der Waals surface area contributed by atoms with Crippen LogP contribution in [-0.4, -0.2) is 11.4 Å². The second kappa shape index (κ2) is 4.44. The Hall–Kier alpha value is -0.890. The summed E-state index contributed by atoms with van der Waals surface area (Å²) in [5.74, 6) is 3.02. The number of hydrogen-bond acceptors (Lipinski definition) is 2. The summed E-state index contributed by atoms with van der Waals surface area (Å²) in [5.41, 5.74) is 4.00. The maximum Gasteiger partial charge on any atom is 0.123 e. The molecule has 1 aromatic carbocycles. The molecule has 0 spiro atoms. The lowest BCUT2D eigenvalue weighted by atomic mass is 9.67. The smallest absolute Gasteiger partial charge is 0.123 e. The Morgan fingerprint density at radius 2 is 1.83 bits per heavy atom. The average molecular weight is 341 g/mol. The molecule has 1 nitrogen and oxygen atoms in total. The third-order valence-electron chi connectivity index (χ3n) is 8.03. The molecule has 0 aromatic heterocycles. The Labute approximate surface area is 150 Å².